The average molecular weight is 380 g/mol. The van der Waals surface area contributed by atoms with Crippen LogP contribution in [-0.2, 0) is 23.7 Å². The molecule has 6 heteroatoms. The molecule has 19 heavy (non-hydrogen) atoms. The van der Waals surface area contributed by atoms with Crippen molar-refractivity contribution in [3.05, 3.63) is 12.2 Å². The highest BCUT2D eigenvalue weighted by Gasteiger charge is 2.69. The van der Waals surface area contributed by atoms with Gasteiger partial charge in [-0.1, -0.05) is 29.2 Å². The average Bonchev–Trinajstić information content (AvgIpc) is 2.66. The van der Waals surface area contributed by atoms with Gasteiger partial charge in [-0.05, 0) is 17.9 Å². The molecule has 0 unspecified atom stereocenters. The normalized spacial score (nSPS) is 47.5. The lowest BCUT2D eigenvalue weighted by atomic mass is 9.77. The van der Waals surface area contributed by atoms with E-state index in [1.54, 1.807) is 7.11 Å². The molecule has 0 spiro atoms. The summed E-state index contributed by atoms with van der Waals surface area (Å²) in [5, 5.41) is 0. The molecule has 6 atom stereocenters. The number of carbonyl (C=O) groups excluding carboxylic acids is 1. The van der Waals surface area contributed by atoms with Crippen molar-refractivity contribution >= 4 is 28.6 Å². The maximum atomic E-state index is 11.3. The molecule has 4 fully saturated rings. The minimum atomic E-state index is -0.512. The first kappa shape index (κ1) is 13.8. The Morgan fingerprint density at radius 3 is 2.95 bits per heavy atom. The highest BCUT2D eigenvalue weighted by molar-refractivity contribution is 14.1. The van der Waals surface area contributed by atoms with Gasteiger partial charge >= 0.3 is 5.97 Å². The Bertz CT molecular complexity index is 425. The highest BCUT2D eigenvalue weighted by Crippen LogP contribution is 2.59. The smallest absolute Gasteiger partial charge is 0.303 e. The number of methoxy groups -OCH3 is 1. The zero-order valence-corrected chi connectivity index (χ0v) is 13.1. The number of halogens is 1. The lowest BCUT2D eigenvalue weighted by Gasteiger charge is -2.53. The van der Waals surface area contributed by atoms with Crippen LogP contribution in [0.3, 0.4) is 0 Å². The molecule has 3 saturated heterocycles. The van der Waals surface area contributed by atoms with E-state index in [2.05, 4.69) is 29.2 Å². The van der Waals surface area contributed by atoms with Crippen LogP contribution in [0.25, 0.3) is 0 Å². The van der Waals surface area contributed by atoms with E-state index in [-0.39, 0.29) is 30.2 Å². The van der Waals surface area contributed by atoms with Gasteiger partial charge < -0.3 is 18.9 Å². The number of hydrogen-bond acceptors (Lipinski definition) is 5. The molecule has 0 amide bonds. The summed E-state index contributed by atoms with van der Waals surface area (Å²) in [5.41, 5.74) is 0.426. The fraction of sp³-hybridized carbons (Fsp3) is 0.769. The quantitative estimate of drug-likeness (QED) is 0.323. The number of rotatable bonds is 3. The number of hydrogen-bond donors (Lipinski definition) is 0. The molecule has 1 aliphatic carbocycles. The van der Waals surface area contributed by atoms with Gasteiger partial charge in [-0.2, -0.15) is 0 Å². The van der Waals surface area contributed by atoms with E-state index in [4.69, 9.17) is 18.9 Å². The van der Waals surface area contributed by atoms with E-state index in [9.17, 15) is 4.79 Å². The van der Waals surface area contributed by atoms with Gasteiger partial charge in [0.25, 0.3) is 0 Å². The predicted molar refractivity (Wildman–Crippen MR) is 74.7 cm³/mol. The first-order chi connectivity index (χ1) is 9.03. The summed E-state index contributed by atoms with van der Waals surface area (Å²) in [7, 11) is 1.63. The maximum Gasteiger partial charge on any atom is 0.303 e. The molecule has 4 rings (SSSR count). The largest absolute Gasteiger partial charge is 0.459 e. The van der Waals surface area contributed by atoms with Crippen molar-refractivity contribution in [2.24, 2.45) is 11.8 Å². The molecular formula is C13H17IO5. The van der Waals surface area contributed by atoms with Gasteiger partial charge in [0.05, 0.1) is 5.92 Å². The van der Waals surface area contributed by atoms with Crippen LogP contribution in [0.4, 0.5) is 0 Å². The number of ether oxygens (including phenoxy) is 4. The SMILES string of the molecule is C=C1[C@H]2O[C@@H](OC)[C@H]3[C@H]1C[C@H](OC(C)=O)[C@@]3(CI)O2. The molecule has 4 aliphatic rings. The molecule has 0 aromatic rings. The van der Waals surface area contributed by atoms with Crippen LogP contribution in [0, 0.1) is 11.8 Å². The lowest BCUT2D eigenvalue weighted by Crippen LogP contribution is -2.64. The molecule has 0 radical (unpaired) electrons. The fourth-order valence-electron chi connectivity index (χ4n) is 3.62. The molecular weight excluding hydrogens is 363 g/mol. The van der Waals surface area contributed by atoms with Crippen molar-refractivity contribution in [2.75, 3.05) is 11.5 Å². The van der Waals surface area contributed by atoms with Crippen molar-refractivity contribution in [3.8, 4) is 0 Å². The zero-order chi connectivity index (χ0) is 13.8. The Morgan fingerprint density at radius 1 is 1.63 bits per heavy atom. The third-order valence-corrected chi connectivity index (χ3v) is 5.61. The van der Waals surface area contributed by atoms with Crippen LogP contribution in [0.1, 0.15) is 13.3 Å². The van der Waals surface area contributed by atoms with Crippen molar-refractivity contribution in [1.82, 2.24) is 0 Å². The summed E-state index contributed by atoms with van der Waals surface area (Å²) in [4.78, 5) is 11.3. The van der Waals surface area contributed by atoms with E-state index in [1.165, 1.54) is 6.92 Å². The highest BCUT2D eigenvalue weighted by atomic mass is 127. The number of fused-ring (bicyclic) bond motifs is 1. The van der Waals surface area contributed by atoms with Gasteiger partial charge in [-0.25, -0.2) is 0 Å². The van der Waals surface area contributed by atoms with Crippen LogP contribution in [0.2, 0.25) is 0 Å². The summed E-state index contributed by atoms with van der Waals surface area (Å²) in [5.74, 6) is -0.00504. The molecule has 0 N–H and O–H groups in total. The Hall–Kier alpha value is -0.180. The van der Waals surface area contributed by atoms with Gasteiger partial charge in [-0.3, -0.25) is 4.79 Å². The fourth-order valence-corrected chi connectivity index (χ4v) is 4.80. The number of alkyl halides is 1. The Balaban J connectivity index is 1.99. The number of esters is 1. The third kappa shape index (κ3) is 1.80. The van der Waals surface area contributed by atoms with Crippen LogP contribution >= 0.6 is 22.6 Å². The Labute approximate surface area is 125 Å². The molecule has 106 valence electrons. The summed E-state index contributed by atoms with van der Waals surface area (Å²) >= 11 is 2.28. The first-order valence-electron chi connectivity index (χ1n) is 6.31. The Morgan fingerprint density at radius 2 is 2.37 bits per heavy atom. The van der Waals surface area contributed by atoms with Gasteiger partial charge in [0.1, 0.15) is 11.7 Å². The second-order valence-corrected chi connectivity index (χ2v) is 6.08. The second kappa shape index (κ2) is 4.68. The lowest BCUT2D eigenvalue weighted by molar-refractivity contribution is -0.367. The predicted octanol–water partition coefficient (Wildman–Crippen LogP) is 1.64. The van der Waals surface area contributed by atoms with Crippen LogP contribution in [0.5, 0.6) is 0 Å². The monoisotopic (exact) mass is 380 g/mol. The molecule has 5 nitrogen and oxygen atoms in total. The summed E-state index contributed by atoms with van der Waals surface area (Å²) in [6, 6.07) is 0. The van der Waals surface area contributed by atoms with E-state index in [0.717, 1.165) is 16.4 Å². The second-order valence-electron chi connectivity index (χ2n) is 5.32. The van der Waals surface area contributed by atoms with Gasteiger partial charge in [0, 0.05) is 18.5 Å². The van der Waals surface area contributed by atoms with Crippen molar-refractivity contribution in [1.29, 1.82) is 0 Å². The number of carbonyl (C=O) groups is 1. The standard InChI is InChI=1S/C13H17IO5/c1-6-8-4-9(17-7(2)15)13(5-14)10(8)12(16-3)18-11(6)19-13/h8-12H,1,4-5H2,2-3H3/t8-,9-,10+,11-,12+,13+/m0/s1. The maximum absolute atomic E-state index is 11.3. The summed E-state index contributed by atoms with van der Waals surface area (Å²) in [6.45, 7) is 5.51. The van der Waals surface area contributed by atoms with Crippen LogP contribution in [0.15, 0.2) is 12.2 Å². The molecule has 3 heterocycles. The molecule has 0 aromatic heterocycles. The molecule has 4 bridgehead atoms. The molecule has 3 aliphatic heterocycles. The van der Waals surface area contributed by atoms with Crippen LogP contribution in [-0.4, -0.2) is 41.8 Å². The van der Waals surface area contributed by atoms with Crippen molar-refractivity contribution in [3.63, 3.8) is 0 Å². The molecule has 1 saturated carbocycles. The third-order valence-electron chi connectivity index (χ3n) is 4.42. The summed E-state index contributed by atoms with van der Waals surface area (Å²) < 4.78 is 23.5. The van der Waals surface area contributed by atoms with Crippen molar-refractivity contribution < 1.29 is 23.7 Å². The zero-order valence-electron chi connectivity index (χ0n) is 10.9. The first-order valence-corrected chi connectivity index (χ1v) is 7.84. The minimum absolute atomic E-state index is 0.0382. The van der Waals surface area contributed by atoms with E-state index in [0.29, 0.717) is 0 Å². The molecule has 0 aromatic carbocycles. The summed E-state index contributed by atoms with van der Waals surface area (Å²) in [6.07, 6.45) is -0.272. The van der Waals surface area contributed by atoms with Gasteiger partial charge in [0.15, 0.2) is 12.6 Å². The van der Waals surface area contributed by atoms with E-state index >= 15 is 0 Å². The minimum Gasteiger partial charge on any atom is -0.459 e. The van der Waals surface area contributed by atoms with E-state index < -0.39 is 11.9 Å². The van der Waals surface area contributed by atoms with Gasteiger partial charge in [-0.15, -0.1) is 0 Å². The van der Waals surface area contributed by atoms with Gasteiger partial charge in [0.2, 0.25) is 0 Å². The topological polar surface area (TPSA) is 54.0 Å². The Kier molecular flexibility index (Phi) is 3.40. The van der Waals surface area contributed by atoms with E-state index in [1.807, 2.05) is 0 Å². The van der Waals surface area contributed by atoms with Crippen LogP contribution < -0.4 is 0 Å². The van der Waals surface area contributed by atoms with Crippen molar-refractivity contribution in [2.45, 2.75) is 37.6 Å².